The van der Waals surface area contributed by atoms with Crippen molar-refractivity contribution >= 4 is 11.6 Å². The molecule has 0 saturated heterocycles. The number of nitrogens with one attached hydrogen (secondary N) is 1. The summed E-state index contributed by atoms with van der Waals surface area (Å²) in [5.74, 6) is 1.26. The number of aliphatic hydroxyl groups excluding tert-OH is 1. The maximum absolute atomic E-state index is 10.0. The molecule has 0 bridgehead atoms. The van der Waals surface area contributed by atoms with Crippen LogP contribution in [-0.2, 0) is 6.54 Å². The minimum absolute atomic E-state index is 0.144. The molecule has 0 aliphatic heterocycles. The van der Waals surface area contributed by atoms with Crippen molar-refractivity contribution in [3.05, 3.63) is 52.9 Å². The third-order valence-corrected chi connectivity index (χ3v) is 3.61. The van der Waals surface area contributed by atoms with Crippen molar-refractivity contribution < 1.29 is 14.3 Å². The SMILES string of the molecule is COc1ccc(CNC(C)CC(O)c2ccco2)cc1Cl. The standard InChI is InChI=1S/C16H20ClNO3/c1-11(8-14(19)16-4-3-7-21-16)18-10-12-5-6-15(20-2)13(17)9-12/h3-7,9,11,14,18-19H,8,10H2,1-2H3. The monoisotopic (exact) mass is 309 g/mol. The average Bonchev–Trinajstić information content (AvgIpc) is 2.99. The van der Waals surface area contributed by atoms with Crippen LogP contribution in [0, 0.1) is 0 Å². The normalized spacial score (nSPS) is 13.9. The number of methoxy groups -OCH3 is 1. The lowest BCUT2D eigenvalue weighted by Gasteiger charge is -2.17. The largest absolute Gasteiger partial charge is 0.495 e. The van der Waals surface area contributed by atoms with Gasteiger partial charge in [0, 0.05) is 12.6 Å². The molecule has 21 heavy (non-hydrogen) atoms. The molecule has 2 atom stereocenters. The molecule has 0 spiro atoms. The van der Waals surface area contributed by atoms with Gasteiger partial charge in [-0.3, -0.25) is 0 Å². The second kappa shape index (κ2) is 7.50. The van der Waals surface area contributed by atoms with E-state index in [9.17, 15) is 5.11 Å². The first-order valence-corrected chi connectivity index (χ1v) is 7.25. The van der Waals surface area contributed by atoms with Crippen LogP contribution in [0.25, 0.3) is 0 Å². The highest BCUT2D eigenvalue weighted by Gasteiger charge is 2.14. The van der Waals surface area contributed by atoms with Crippen LogP contribution in [0.2, 0.25) is 5.02 Å². The summed E-state index contributed by atoms with van der Waals surface area (Å²) in [7, 11) is 1.59. The molecule has 0 radical (unpaired) electrons. The summed E-state index contributed by atoms with van der Waals surface area (Å²) in [5, 5.41) is 14.0. The molecule has 2 aromatic rings. The van der Waals surface area contributed by atoms with Gasteiger partial charge in [0.25, 0.3) is 0 Å². The second-order valence-corrected chi connectivity index (χ2v) is 5.42. The number of hydrogen-bond acceptors (Lipinski definition) is 4. The van der Waals surface area contributed by atoms with E-state index in [1.807, 2.05) is 25.1 Å². The molecule has 0 saturated carbocycles. The topological polar surface area (TPSA) is 54.6 Å². The molecule has 1 aromatic heterocycles. The lowest BCUT2D eigenvalue weighted by atomic mass is 10.1. The van der Waals surface area contributed by atoms with E-state index in [1.54, 1.807) is 25.5 Å². The summed E-state index contributed by atoms with van der Waals surface area (Å²) in [6.07, 6.45) is 1.55. The summed E-state index contributed by atoms with van der Waals surface area (Å²) in [5.41, 5.74) is 1.07. The van der Waals surface area contributed by atoms with Crippen molar-refractivity contribution in [1.29, 1.82) is 0 Å². The Labute approximate surface area is 129 Å². The highest BCUT2D eigenvalue weighted by molar-refractivity contribution is 6.32. The van der Waals surface area contributed by atoms with Gasteiger partial charge in [0.1, 0.15) is 17.6 Å². The first-order valence-electron chi connectivity index (χ1n) is 6.87. The molecule has 114 valence electrons. The fraction of sp³-hybridized carbons (Fsp3) is 0.375. The lowest BCUT2D eigenvalue weighted by Crippen LogP contribution is -2.27. The number of ether oxygens (including phenoxy) is 1. The number of halogens is 1. The fourth-order valence-electron chi connectivity index (χ4n) is 2.13. The zero-order valence-corrected chi connectivity index (χ0v) is 12.9. The van der Waals surface area contributed by atoms with Gasteiger partial charge in [-0.2, -0.15) is 0 Å². The molecule has 0 amide bonds. The number of rotatable bonds is 7. The Morgan fingerprint density at radius 2 is 2.19 bits per heavy atom. The summed E-state index contributed by atoms with van der Waals surface area (Å²) < 4.78 is 10.3. The molecule has 4 nitrogen and oxygen atoms in total. The molecule has 2 rings (SSSR count). The van der Waals surface area contributed by atoms with Gasteiger partial charge in [0.15, 0.2) is 0 Å². The first kappa shape index (κ1) is 15.9. The van der Waals surface area contributed by atoms with Crippen molar-refractivity contribution in [3.63, 3.8) is 0 Å². The van der Waals surface area contributed by atoms with Gasteiger partial charge in [0.05, 0.1) is 18.4 Å². The number of furan rings is 1. The number of aliphatic hydroxyl groups is 1. The van der Waals surface area contributed by atoms with E-state index in [4.69, 9.17) is 20.8 Å². The maximum Gasteiger partial charge on any atom is 0.137 e. The van der Waals surface area contributed by atoms with Crippen molar-refractivity contribution in [1.82, 2.24) is 5.32 Å². The smallest absolute Gasteiger partial charge is 0.137 e. The van der Waals surface area contributed by atoms with Crippen LogP contribution in [0.3, 0.4) is 0 Å². The first-order chi connectivity index (χ1) is 10.1. The summed E-state index contributed by atoms with van der Waals surface area (Å²) in [6, 6.07) is 9.39. The average molecular weight is 310 g/mol. The minimum atomic E-state index is -0.595. The lowest BCUT2D eigenvalue weighted by molar-refractivity contribution is 0.128. The highest BCUT2D eigenvalue weighted by Crippen LogP contribution is 2.25. The quantitative estimate of drug-likeness (QED) is 0.821. The van der Waals surface area contributed by atoms with Crippen LogP contribution >= 0.6 is 11.6 Å². The molecule has 5 heteroatoms. The highest BCUT2D eigenvalue weighted by atomic mass is 35.5. The molecule has 2 unspecified atom stereocenters. The van der Waals surface area contributed by atoms with Crippen molar-refractivity contribution in [2.75, 3.05) is 7.11 Å². The molecule has 0 aliphatic carbocycles. The Morgan fingerprint density at radius 3 is 2.81 bits per heavy atom. The van der Waals surface area contributed by atoms with Crippen LogP contribution in [0.15, 0.2) is 41.0 Å². The molecule has 1 heterocycles. The Balaban J connectivity index is 1.83. The van der Waals surface area contributed by atoms with Crippen LogP contribution in [0.1, 0.15) is 30.8 Å². The van der Waals surface area contributed by atoms with Crippen molar-refractivity contribution in [2.45, 2.75) is 32.0 Å². The third-order valence-electron chi connectivity index (χ3n) is 3.32. The molecule has 0 aliphatic rings. The maximum atomic E-state index is 10.0. The van der Waals surface area contributed by atoms with Crippen molar-refractivity contribution in [3.8, 4) is 5.75 Å². The van der Waals surface area contributed by atoms with Gasteiger partial charge < -0.3 is 19.6 Å². The molecular formula is C16H20ClNO3. The summed E-state index contributed by atoms with van der Waals surface area (Å²) in [6.45, 7) is 2.70. The van der Waals surface area contributed by atoms with Crippen LogP contribution in [0.4, 0.5) is 0 Å². The number of benzene rings is 1. The Kier molecular flexibility index (Phi) is 5.67. The summed E-state index contributed by atoms with van der Waals surface area (Å²) in [4.78, 5) is 0. The molecule has 2 N–H and O–H groups in total. The van der Waals surface area contributed by atoms with E-state index < -0.39 is 6.10 Å². The Morgan fingerprint density at radius 1 is 1.38 bits per heavy atom. The van der Waals surface area contributed by atoms with E-state index in [2.05, 4.69) is 5.32 Å². The molecular weight excluding hydrogens is 290 g/mol. The van der Waals surface area contributed by atoms with Gasteiger partial charge in [-0.1, -0.05) is 17.7 Å². The Hall–Kier alpha value is -1.49. The fourth-order valence-corrected chi connectivity index (χ4v) is 2.41. The van der Waals surface area contributed by atoms with Crippen LogP contribution < -0.4 is 10.1 Å². The van der Waals surface area contributed by atoms with Crippen molar-refractivity contribution in [2.24, 2.45) is 0 Å². The zero-order chi connectivity index (χ0) is 15.2. The predicted octanol–water partition coefficient (Wildman–Crippen LogP) is 3.54. The second-order valence-electron chi connectivity index (χ2n) is 5.02. The van der Waals surface area contributed by atoms with E-state index in [-0.39, 0.29) is 6.04 Å². The number of hydrogen-bond donors (Lipinski definition) is 2. The van der Waals surface area contributed by atoms with Gasteiger partial charge in [0.2, 0.25) is 0 Å². The van der Waals surface area contributed by atoms with E-state index in [1.165, 1.54) is 0 Å². The predicted molar refractivity (Wildman–Crippen MR) is 82.6 cm³/mol. The van der Waals surface area contributed by atoms with Gasteiger partial charge in [-0.25, -0.2) is 0 Å². The van der Waals surface area contributed by atoms with E-state index >= 15 is 0 Å². The summed E-state index contributed by atoms with van der Waals surface area (Å²) >= 11 is 6.09. The molecule has 1 aromatic carbocycles. The van der Waals surface area contributed by atoms with E-state index in [0.717, 1.165) is 5.56 Å². The molecule has 0 fully saturated rings. The van der Waals surface area contributed by atoms with Gasteiger partial charge in [-0.15, -0.1) is 0 Å². The van der Waals surface area contributed by atoms with Gasteiger partial charge in [-0.05, 0) is 43.2 Å². The van der Waals surface area contributed by atoms with E-state index in [0.29, 0.717) is 29.5 Å². The zero-order valence-electron chi connectivity index (χ0n) is 12.2. The third kappa shape index (κ3) is 4.49. The minimum Gasteiger partial charge on any atom is -0.495 e. The van der Waals surface area contributed by atoms with Crippen LogP contribution in [-0.4, -0.2) is 18.3 Å². The van der Waals surface area contributed by atoms with Crippen LogP contribution in [0.5, 0.6) is 5.75 Å². The Bertz CT molecular complexity index is 557. The van der Waals surface area contributed by atoms with Gasteiger partial charge >= 0.3 is 0 Å².